The summed E-state index contributed by atoms with van der Waals surface area (Å²) in [5.41, 5.74) is 4.28. The Morgan fingerprint density at radius 3 is 2.04 bits per heavy atom. The Bertz CT molecular complexity index is 1590. The predicted molar refractivity (Wildman–Crippen MR) is 232 cm³/mol. The fraction of sp³-hybridized carbons (Fsp3) is 0.439. The number of nitrogens with zero attached hydrogens (tertiary/aromatic N) is 2. The molecule has 0 aliphatic carbocycles. The maximum atomic E-state index is 14.9. The number of anilines is 1. The number of hydrogen-bond donors (Lipinski definition) is 3. The maximum absolute atomic E-state index is 14.9. The summed E-state index contributed by atoms with van der Waals surface area (Å²) in [5, 5.41) is 6.17. The van der Waals surface area contributed by atoms with E-state index in [0.717, 1.165) is 56.5 Å². The van der Waals surface area contributed by atoms with E-state index in [9.17, 15) is 18.4 Å². The molecule has 308 valence electrons. The molecule has 2 unspecified atom stereocenters. The predicted octanol–water partition coefficient (Wildman–Crippen LogP) is 9.67. The lowest BCUT2D eigenvalue weighted by atomic mass is 10.2. The molecule has 2 aromatic rings. The number of aromatic nitrogens is 2. The molecule has 0 radical (unpaired) electrons. The van der Waals surface area contributed by atoms with Crippen LogP contribution in [-0.4, -0.2) is 59.9 Å². The van der Waals surface area contributed by atoms with E-state index in [-0.39, 0.29) is 22.9 Å². The number of para-hydroxylation sites is 1. The van der Waals surface area contributed by atoms with Gasteiger partial charge in [-0.1, -0.05) is 120 Å². The van der Waals surface area contributed by atoms with Crippen molar-refractivity contribution in [1.82, 2.24) is 20.0 Å². The molecule has 1 amide bonds. The fourth-order valence-electron chi connectivity index (χ4n) is 4.55. The summed E-state index contributed by atoms with van der Waals surface area (Å²) in [6, 6.07) is 6.57. The van der Waals surface area contributed by atoms with Crippen molar-refractivity contribution >= 4 is 41.8 Å². The standard InChI is InChI=1S/C41H58F2N5O5PS2/c1-3-4-5-6-7-8-9-10-11-12-13-14-15-16-17-18-19-20-24-27-39(49)45-29-32-55-56-33-30-46-54(53-36-25-22-21-23-26-36)52-35-37(51-2)34-41(42,43)48-31-28-38(44)47-40(48)50/h4-5,7-8,10-11,13-14,16-17,19-23,25-26,28,31,37,46H,3,6,9,12,15,18,24,27,29-30,32-35H2,1-2H3,(H,45,49)(H2,44,47,50)/b5-4-,8-7-,11-10-,14-13-,17-16-,20-19-. The topological polar surface area (TPSA) is 130 Å². The second-order valence-corrected chi connectivity index (χ2v) is 16.0. The number of rotatable bonds is 31. The molecule has 0 spiro atoms. The largest absolute Gasteiger partial charge is 0.436 e. The number of carbonyl (C=O) groups is 1. The maximum Gasteiger partial charge on any atom is 0.354 e. The molecule has 2 rings (SSSR count). The zero-order valence-corrected chi connectivity index (χ0v) is 35.0. The van der Waals surface area contributed by atoms with Gasteiger partial charge in [-0.05, 0) is 63.1 Å². The highest BCUT2D eigenvalue weighted by Gasteiger charge is 2.37. The summed E-state index contributed by atoms with van der Waals surface area (Å²) in [6.07, 6.45) is 31.9. The highest BCUT2D eigenvalue weighted by molar-refractivity contribution is 8.76. The van der Waals surface area contributed by atoms with E-state index in [1.165, 1.54) is 7.11 Å². The molecule has 0 saturated heterocycles. The van der Waals surface area contributed by atoms with Gasteiger partial charge < -0.3 is 24.8 Å². The first-order valence-electron chi connectivity index (χ1n) is 18.8. The summed E-state index contributed by atoms with van der Waals surface area (Å²) < 4.78 is 47.2. The first-order chi connectivity index (χ1) is 27.2. The normalized spacial score (nSPS) is 13.6. The summed E-state index contributed by atoms with van der Waals surface area (Å²) in [4.78, 5) is 27.6. The Morgan fingerprint density at radius 2 is 1.46 bits per heavy atom. The third kappa shape index (κ3) is 24.2. The second kappa shape index (κ2) is 31.6. The van der Waals surface area contributed by atoms with Crippen LogP contribution in [-0.2, 0) is 20.1 Å². The van der Waals surface area contributed by atoms with Crippen LogP contribution in [0.3, 0.4) is 0 Å². The molecule has 0 fully saturated rings. The van der Waals surface area contributed by atoms with Crippen molar-refractivity contribution in [2.24, 2.45) is 0 Å². The molecule has 0 aliphatic rings. The van der Waals surface area contributed by atoms with Crippen molar-refractivity contribution in [2.45, 2.75) is 76.9 Å². The van der Waals surface area contributed by atoms with Crippen LogP contribution in [0.4, 0.5) is 14.6 Å². The van der Waals surface area contributed by atoms with Crippen LogP contribution in [0, 0.1) is 0 Å². The second-order valence-electron chi connectivity index (χ2n) is 12.0. The van der Waals surface area contributed by atoms with Crippen molar-refractivity contribution in [3.8, 4) is 5.75 Å². The van der Waals surface area contributed by atoms with Gasteiger partial charge >= 0.3 is 20.3 Å². The van der Waals surface area contributed by atoms with E-state index in [0.29, 0.717) is 37.4 Å². The number of amides is 1. The van der Waals surface area contributed by atoms with E-state index in [4.69, 9.17) is 19.5 Å². The molecule has 4 N–H and O–H groups in total. The highest BCUT2D eigenvalue weighted by atomic mass is 33.1. The van der Waals surface area contributed by atoms with Crippen molar-refractivity contribution in [3.05, 3.63) is 126 Å². The lowest BCUT2D eigenvalue weighted by Crippen LogP contribution is -2.39. The average Bonchev–Trinajstić information content (AvgIpc) is 3.18. The minimum absolute atomic E-state index is 0.0296. The molecular formula is C41H58F2N5O5PS2. The molecule has 10 nitrogen and oxygen atoms in total. The molecule has 1 aromatic carbocycles. The highest BCUT2D eigenvalue weighted by Crippen LogP contribution is 2.37. The van der Waals surface area contributed by atoms with Crippen LogP contribution >= 0.6 is 30.1 Å². The Labute approximate surface area is 340 Å². The van der Waals surface area contributed by atoms with Crippen LogP contribution in [0.5, 0.6) is 5.75 Å². The molecule has 56 heavy (non-hydrogen) atoms. The quantitative estimate of drug-likeness (QED) is 0.0292. The van der Waals surface area contributed by atoms with E-state index in [1.807, 2.05) is 24.3 Å². The summed E-state index contributed by atoms with van der Waals surface area (Å²) in [7, 11) is 2.86. The van der Waals surface area contributed by atoms with Gasteiger partial charge in [0.15, 0.2) is 0 Å². The van der Waals surface area contributed by atoms with Crippen LogP contribution in [0.2, 0.25) is 0 Å². The number of halogens is 2. The van der Waals surface area contributed by atoms with Gasteiger partial charge in [-0.15, -0.1) is 0 Å². The smallest absolute Gasteiger partial charge is 0.354 e. The van der Waals surface area contributed by atoms with E-state index >= 15 is 0 Å². The summed E-state index contributed by atoms with van der Waals surface area (Å²) in [6.45, 7) is 3.02. The number of ether oxygens (including phenoxy) is 1. The lowest BCUT2D eigenvalue weighted by molar-refractivity contribution is -0.128. The Hall–Kier alpha value is -3.52. The van der Waals surface area contributed by atoms with Gasteiger partial charge in [0.25, 0.3) is 0 Å². The van der Waals surface area contributed by atoms with Gasteiger partial charge in [-0.2, -0.15) is 13.8 Å². The molecule has 0 saturated carbocycles. The van der Waals surface area contributed by atoms with Gasteiger partial charge in [-0.25, -0.2) is 14.4 Å². The van der Waals surface area contributed by atoms with Gasteiger partial charge in [0.1, 0.15) is 11.6 Å². The number of nitrogen functional groups attached to an aromatic ring is 1. The number of alkyl halides is 2. The molecule has 1 aromatic heterocycles. The average molecular weight is 834 g/mol. The molecule has 0 bridgehead atoms. The van der Waals surface area contributed by atoms with Gasteiger partial charge in [0.2, 0.25) is 5.91 Å². The van der Waals surface area contributed by atoms with Crippen LogP contribution in [0.1, 0.15) is 64.7 Å². The number of methoxy groups -OCH3 is 1. The number of allylic oxidation sites excluding steroid dienone is 12. The summed E-state index contributed by atoms with van der Waals surface area (Å²) in [5.74, 6) is 1.90. The van der Waals surface area contributed by atoms with Crippen molar-refractivity contribution in [2.75, 3.05) is 44.0 Å². The molecule has 2 atom stereocenters. The zero-order valence-electron chi connectivity index (χ0n) is 32.5. The molecule has 1 heterocycles. The van der Waals surface area contributed by atoms with Crippen LogP contribution in [0.15, 0.2) is 120 Å². The van der Waals surface area contributed by atoms with Crippen molar-refractivity contribution in [1.29, 1.82) is 0 Å². The van der Waals surface area contributed by atoms with E-state index < -0.39 is 32.8 Å². The van der Waals surface area contributed by atoms with Crippen LogP contribution in [0.25, 0.3) is 0 Å². The SMILES string of the molecule is CC/C=C\C/C=C\C/C=C\C/C=C\C/C=C\C/C=C\CCC(=O)NCCSSCCNP(OCC(CC(F)(F)n1ccc(N)nc1=O)OC)Oc1ccccc1. The van der Waals surface area contributed by atoms with E-state index in [2.05, 4.69) is 89.1 Å². The molecular weight excluding hydrogens is 776 g/mol. The fourth-order valence-corrected chi connectivity index (χ4v) is 7.63. The van der Waals surface area contributed by atoms with Gasteiger partial charge in [0, 0.05) is 44.3 Å². The number of benzene rings is 1. The summed E-state index contributed by atoms with van der Waals surface area (Å²) >= 11 is 0. The Balaban J connectivity index is 1.56. The number of hydrogen-bond acceptors (Lipinski definition) is 10. The van der Waals surface area contributed by atoms with Crippen molar-refractivity contribution in [3.63, 3.8) is 0 Å². The van der Waals surface area contributed by atoms with Crippen LogP contribution < -0.4 is 26.4 Å². The first kappa shape index (κ1) is 48.6. The zero-order chi connectivity index (χ0) is 40.5. The van der Waals surface area contributed by atoms with Gasteiger partial charge in [-0.3, -0.25) is 4.79 Å². The minimum atomic E-state index is -3.58. The van der Waals surface area contributed by atoms with Gasteiger partial charge in [0.05, 0.1) is 19.1 Å². The van der Waals surface area contributed by atoms with Crippen molar-refractivity contribution < 1.29 is 27.4 Å². The molecule has 15 heteroatoms. The third-order valence-corrected chi connectivity index (χ3v) is 11.1. The number of nitrogens with one attached hydrogen (secondary N) is 2. The Kier molecular flexibility index (Phi) is 27.4. The lowest BCUT2D eigenvalue weighted by Gasteiger charge is -2.25. The van der Waals surface area contributed by atoms with E-state index in [1.54, 1.807) is 33.7 Å². The first-order valence-corrected chi connectivity index (χ1v) is 22.5. The Morgan fingerprint density at radius 1 is 0.893 bits per heavy atom. The molecule has 0 aliphatic heterocycles. The monoisotopic (exact) mass is 833 g/mol. The minimum Gasteiger partial charge on any atom is -0.436 e. The number of nitrogens with two attached hydrogens (primary N) is 1. The third-order valence-electron chi connectivity index (χ3n) is 7.45. The number of carbonyl (C=O) groups excluding carboxylic acids is 1.